The number of aromatic nitrogens is 2. The van der Waals surface area contributed by atoms with Gasteiger partial charge in [0.1, 0.15) is 5.75 Å². The molecule has 0 spiro atoms. The number of carboxylic acid groups (broad SMARTS) is 1. The molecule has 0 bridgehead atoms. The van der Waals surface area contributed by atoms with E-state index in [0.717, 1.165) is 16.8 Å². The van der Waals surface area contributed by atoms with Crippen molar-refractivity contribution in [2.24, 2.45) is 17.8 Å². The maximum absolute atomic E-state index is 12.8. The molecule has 2 atom stereocenters. The summed E-state index contributed by atoms with van der Waals surface area (Å²) in [5, 5.41) is 9.12. The lowest BCUT2D eigenvalue weighted by Crippen LogP contribution is -2.29. The predicted molar refractivity (Wildman–Crippen MR) is 103 cm³/mol. The number of rotatable bonds is 6. The van der Waals surface area contributed by atoms with Crippen LogP contribution in [-0.2, 0) is 4.79 Å². The molecule has 2 heterocycles. The highest BCUT2D eigenvalue weighted by atomic mass is 19.4. The molecule has 0 aliphatic heterocycles. The van der Waals surface area contributed by atoms with E-state index in [4.69, 9.17) is 9.84 Å². The Hall–Kier alpha value is -2.64. The number of aliphatic carboxylic acids is 1. The van der Waals surface area contributed by atoms with Crippen molar-refractivity contribution in [3.63, 3.8) is 0 Å². The van der Waals surface area contributed by atoms with Crippen molar-refractivity contribution >= 4 is 5.97 Å². The lowest BCUT2D eigenvalue weighted by molar-refractivity contribution is -0.184. The fraction of sp³-hybridized carbons (Fsp3) is 0.500. The Kier molecular flexibility index (Phi) is 5.66. The van der Waals surface area contributed by atoms with Crippen molar-refractivity contribution in [1.82, 2.24) is 9.97 Å². The number of hydrogen-bond acceptors (Lipinski definition) is 4. The van der Waals surface area contributed by atoms with Gasteiger partial charge in [-0.1, -0.05) is 0 Å². The first-order chi connectivity index (χ1) is 14.3. The summed E-state index contributed by atoms with van der Waals surface area (Å²) in [4.78, 5) is 19.6. The van der Waals surface area contributed by atoms with Crippen LogP contribution in [0, 0.1) is 17.8 Å². The molecule has 30 heavy (non-hydrogen) atoms. The molecule has 2 aromatic rings. The average molecular weight is 420 g/mol. The van der Waals surface area contributed by atoms with E-state index >= 15 is 0 Å². The lowest BCUT2D eigenvalue weighted by atomic mass is 9.82. The van der Waals surface area contributed by atoms with Crippen LogP contribution in [-0.4, -0.2) is 33.8 Å². The van der Waals surface area contributed by atoms with E-state index in [-0.39, 0.29) is 30.6 Å². The summed E-state index contributed by atoms with van der Waals surface area (Å²) in [6, 6.07) is 5.56. The standard InChI is InChI=1S/C22H23F3N2O3/c23-22(24,25)16-3-1-13(2-4-16)12-30-17-7-15(10-26-11-17)14-5-6-27-20(8-14)18-9-19(18)21(28)29/h5-8,10-11,13,16,18-19H,1-4,9,12H2,(H,28,29)/t13-,16-,18-,19-/m0/s1. The van der Waals surface area contributed by atoms with Crippen LogP contribution in [0.5, 0.6) is 5.75 Å². The molecular weight excluding hydrogens is 397 g/mol. The Morgan fingerprint density at radius 1 is 1.13 bits per heavy atom. The third-order valence-electron chi connectivity index (χ3n) is 6.11. The molecule has 0 aromatic carbocycles. The van der Waals surface area contributed by atoms with E-state index in [1.54, 1.807) is 18.6 Å². The van der Waals surface area contributed by atoms with E-state index < -0.39 is 18.1 Å². The van der Waals surface area contributed by atoms with Gasteiger partial charge >= 0.3 is 12.1 Å². The van der Waals surface area contributed by atoms with E-state index in [1.807, 2.05) is 18.2 Å². The van der Waals surface area contributed by atoms with Gasteiger partial charge in [-0.15, -0.1) is 0 Å². The van der Waals surface area contributed by atoms with Crippen LogP contribution >= 0.6 is 0 Å². The summed E-state index contributed by atoms with van der Waals surface area (Å²) >= 11 is 0. The second-order valence-electron chi connectivity index (χ2n) is 8.24. The lowest BCUT2D eigenvalue weighted by Gasteiger charge is -2.29. The fourth-order valence-electron chi connectivity index (χ4n) is 4.15. The smallest absolute Gasteiger partial charge is 0.391 e. The number of pyridine rings is 2. The molecule has 8 heteroatoms. The number of halogens is 3. The summed E-state index contributed by atoms with van der Waals surface area (Å²) in [6.07, 6.45) is 2.80. The van der Waals surface area contributed by atoms with Crippen molar-refractivity contribution in [3.8, 4) is 16.9 Å². The molecule has 2 saturated carbocycles. The van der Waals surface area contributed by atoms with Gasteiger partial charge in [0.25, 0.3) is 0 Å². The molecule has 160 valence electrons. The molecule has 0 unspecified atom stereocenters. The first-order valence-corrected chi connectivity index (χ1v) is 10.1. The summed E-state index contributed by atoms with van der Waals surface area (Å²) in [7, 11) is 0. The van der Waals surface area contributed by atoms with Gasteiger partial charge in [-0.2, -0.15) is 13.2 Å². The number of hydrogen-bond donors (Lipinski definition) is 1. The van der Waals surface area contributed by atoms with Crippen molar-refractivity contribution in [2.45, 2.75) is 44.2 Å². The first kappa shape index (κ1) is 20.6. The van der Waals surface area contributed by atoms with Gasteiger partial charge in [-0.25, -0.2) is 0 Å². The molecule has 0 amide bonds. The zero-order chi connectivity index (χ0) is 21.3. The monoisotopic (exact) mass is 420 g/mol. The van der Waals surface area contributed by atoms with Gasteiger partial charge < -0.3 is 9.84 Å². The second kappa shape index (κ2) is 8.24. The molecule has 2 aliphatic rings. The van der Waals surface area contributed by atoms with Crippen LogP contribution in [0.3, 0.4) is 0 Å². The Bertz CT molecular complexity index is 910. The number of nitrogens with zero attached hydrogens (tertiary/aromatic N) is 2. The molecular formula is C22H23F3N2O3. The Morgan fingerprint density at radius 3 is 2.57 bits per heavy atom. The van der Waals surface area contributed by atoms with Gasteiger partial charge in [-0.3, -0.25) is 14.8 Å². The molecule has 4 rings (SSSR count). The third-order valence-corrected chi connectivity index (χ3v) is 6.11. The Morgan fingerprint density at radius 2 is 1.90 bits per heavy atom. The summed E-state index contributed by atoms with van der Waals surface area (Å²) in [5.74, 6) is -1.73. The summed E-state index contributed by atoms with van der Waals surface area (Å²) in [6.45, 7) is 0.375. The minimum atomic E-state index is -4.10. The molecule has 1 N–H and O–H groups in total. The molecule has 0 saturated heterocycles. The van der Waals surface area contributed by atoms with Crippen LogP contribution in [0.25, 0.3) is 11.1 Å². The van der Waals surface area contributed by atoms with Gasteiger partial charge in [0, 0.05) is 29.6 Å². The zero-order valence-electron chi connectivity index (χ0n) is 16.3. The molecule has 2 fully saturated rings. The highest BCUT2D eigenvalue weighted by molar-refractivity contribution is 5.75. The van der Waals surface area contributed by atoms with Crippen LogP contribution in [0.2, 0.25) is 0 Å². The maximum Gasteiger partial charge on any atom is 0.391 e. The van der Waals surface area contributed by atoms with Crippen LogP contribution < -0.4 is 4.74 Å². The van der Waals surface area contributed by atoms with Crippen LogP contribution in [0.1, 0.15) is 43.7 Å². The Labute approximate surface area is 172 Å². The molecule has 2 aliphatic carbocycles. The summed E-state index contributed by atoms with van der Waals surface area (Å²) in [5.41, 5.74) is 2.46. The number of alkyl halides is 3. The SMILES string of the molecule is O=C(O)[C@H]1C[C@@H]1c1cc(-c2cncc(OC[C@H]3CC[C@H](C(F)(F)F)CC3)c2)ccn1. The van der Waals surface area contributed by atoms with Crippen LogP contribution in [0.4, 0.5) is 13.2 Å². The first-order valence-electron chi connectivity index (χ1n) is 10.1. The topological polar surface area (TPSA) is 72.3 Å². The van der Waals surface area contributed by atoms with Gasteiger partial charge in [0.15, 0.2) is 0 Å². The highest BCUT2D eigenvalue weighted by Crippen LogP contribution is 2.47. The van der Waals surface area contributed by atoms with E-state index in [9.17, 15) is 18.0 Å². The third kappa shape index (κ3) is 4.74. The predicted octanol–water partition coefficient (Wildman–Crippen LogP) is 5.08. The minimum absolute atomic E-state index is 0.0540. The van der Waals surface area contributed by atoms with Gasteiger partial charge in [-0.05, 0) is 61.8 Å². The molecule has 0 radical (unpaired) electrons. The largest absolute Gasteiger partial charge is 0.492 e. The summed E-state index contributed by atoms with van der Waals surface area (Å²) < 4.78 is 44.2. The van der Waals surface area contributed by atoms with Crippen molar-refractivity contribution in [3.05, 3.63) is 42.5 Å². The van der Waals surface area contributed by atoms with Crippen LogP contribution in [0.15, 0.2) is 36.8 Å². The fourth-order valence-corrected chi connectivity index (χ4v) is 4.15. The molecule has 5 nitrogen and oxygen atoms in total. The second-order valence-corrected chi connectivity index (χ2v) is 8.24. The number of carbonyl (C=O) groups is 1. The average Bonchev–Trinajstić information content (AvgIpc) is 3.54. The van der Waals surface area contributed by atoms with E-state index in [1.165, 1.54) is 0 Å². The van der Waals surface area contributed by atoms with Gasteiger partial charge in [0.2, 0.25) is 0 Å². The van der Waals surface area contributed by atoms with Gasteiger partial charge in [0.05, 0.1) is 24.6 Å². The van der Waals surface area contributed by atoms with Crippen molar-refractivity contribution in [2.75, 3.05) is 6.61 Å². The van der Waals surface area contributed by atoms with Crippen molar-refractivity contribution in [1.29, 1.82) is 0 Å². The highest BCUT2D eigenvalue weighted by Gasteiger charge is 2.45. The number of carboxylic acids is 1. The molecule has 2 aromatic heterocycles. The minimum Gasteiger partial charge on any atom is -0.492 e. The Balaban J connectivity index is 1.36. The quantitative estimate of drug-likeness (QED) is 0.706. The maximum atomic E-state index is 12.8. The van der Waals surface area contributed by atoms with E-state index in [0.29, 0.717) is 31.6 Å². The van der Waals surface area contributed by atoms with E-state index in [2.05, 4.69) is 9.97 Å². The normalized spacial score (nSPS) is 26.2. The van der Waals surface area contributed by atoms with Crippen molar-refractivity contribution < 1.29 is 27.8 Å². The number of ether oxygens (including phenoxy) is 1. The zero-order valence-corrected chi connectivity index (χ0v) is 16.3.